The van der Waals surface area contributed by atoms with E-state index < -0.39 is 12.0 Å². The molecule has 1 atom stereocenters. The lowest BCUT2D eigenvalue weighted by atomic mass is 10.1. The zero-order chi connectivity index (χ0) is 15.5. The predicted octanol–water partition coefficient (Wildman–Crippen LogP) is 3.35. The van der Waals surface area contributed by atoms with Crippen molar-refractivity contribution in [3.05, 3.63) is 51.7 Å². The lowest BCUT2D eigenvalue weighted by Gasteiger charge is -2.38. The van der Waals surface area contributed by atoms with Crippen molar-refractivity contribution < 1.29 is 9.90 Å². The van der Waals surface area contributed by atoms with Gasteiger partial charge in [-0.25, -0.2) is 0 Å². The minimum Gasteiger partial charge on any atom is -0.480 e. The third-order valence-corrected chi connectivity index (χ3v) is 4.92. The minimum absolute atomic E-state index is 0.543. The minimum atomic E-state index is -0.779. The molecular weight excluding hydrogens is 320 g/mol. The van der Waals surface area contributed by atoms with Crippen LogP contribution in [0.1, 0.15) is 11.6 Å². The molecule has 0 unspecified atom stereocenters. The van der Waals surface area contributed by atoms with Crippen molar-refractivity contribution in [2.45, 2.75) is 6.04 Å². The van der Waals surface area contributed by atoms with Crippen molar-refractivity contribution in [1.82, 2.24) is 4.90 Å². The number of hydrogen-bond acceptors (Lipinski definition) is 4. The number of hydrogen-bond donors (Lipinski definition) is 1. The summed E-state index contributed by atoms with van der Waals surface area (Å²) in [5, 5.41) is 14.1. The Hall–Kier alpha value is -1.56. The summed E-state index contributed by atoms with van der Waals surface area (Å²) in [5.41, 5.74) is 2.00. The van der Waals surface area contributed by atoms with E-state index in [0.29, 0.717) is 0 Å². The van der Waals surface area contributed by atoms with Crippen LogP contribution in [0.5, 0.6) is 0 Å². The molecule has 1 aromatic carbocycles. The molecule has 116 valence electrons. The van der Waals surface area contributed by atoms with Crippen molar-refractivity contribution in [1.29, 1.82) is 0 Å². The van der Waals surface area contributed by atoms with E-state index in [4.69, 9.17) is 11.6 Å². The number of aliphatic carboxylic acids is 1. The Kier molecular flexibility index (Phi) is 4.66. The number of nitrogens with zero attached hydrogens (tertiary/aromatic N) is 2. The Morgan fingerprint density at radius 2 is 1.82 bits per heavy atom. The summed E-state index contributed by atoms with van der Waals surface area (Å²) in [7, 11) is 0. The van der Waals surface area contributed by atoms with Gasteiger partial charge in [0.05, 0.1) is 0 Å². The van der Waals surface area contributed by atoms with Gasteiger partial charge in [-0.05, 0) is 46.7 Å². The van der Waals surface area contributed by atoms with Crippen LogP contribution >= 0.6 is 22.9 Å². The largest absolute Gasteiger partial charge is 0.480 e. The number of carbonyl (C=O) groups is 1. The molecule has 0 amide bonds. The van der Waals surface area contributed by atoms with E-state index in [1.54, 1.807) is 0 Å². The lowest BCUT2D eigenvalue weighted by Crippen LogP contribution is -2.49. The maximum atomic E-state index is 11.6. The molecule has 1 fully saturated rings. The second kappa shape index (κ2) is 6.69. The average molecular weight is 337 g/mol. The molecule has 3 rings (SSSR count). The molecule has 0 saturated carbocycles. The van der Waals surface area contributed by atoms with Crippen LogP contribution < -0.4 is 4.90 Å². The maximum absolute atomic E-state index is 11.6. The lowest BCUT2D eigenvalue weighted by molar-refractivity contribution is -0.143. The molecule has 1 saturated heterocycles. The first kappa shape index (κ1) is 15.3. The fraction of sp³-hybridized carbons (Fsp3) is 0.312. The van der Waals surface area contributed by atoms with Gasteiger partial charge in [0.2, 0.25) is 0 Å². The zero-order valence-corrected chi connectivity index (χ0v) is 13.6. The molecule has 1 N–H and O–H groups in total. The first-order valence-electron chi connectivity index (χ1n) is 7.14. The van der Waals surface area contributed by atoms with E-state index in [1.807, 2.05) is 46.0 Å². The Balaban J connectivity index is 1.68. The number of carboxylic acids is 1. The van der Waals surface area contributed by atoms with Crippen LogP contribution in [0, 0.1) is 0 Å². The SMILES string of the molecule is O=C(O)[C@@H](c1ccsc1)N1CCN(c2ccc(Cl)cc2)CC1. The molecule has 0 radical (unpaired) electrons. The van der Waals surface area contributed by atoms with Crippen molar-refractivity contribution >= 4 is 34.6 Å². The highest BCUT2D eigenvalue weighted by molar-refractivity contribution is 7.08. The summed E-state index contributed by atoms with van der Waals surface area (Å²) in [6.45, 7) is 3.09. The molecule has 1 aromatic heterocycles. The zero-order valence-electron chi connectivity index (χ0n) is 12.0. The predicted molar refractivity (Wildman–Crippen MR) is 89.9 cm³/mol. The number of piperazine rings is 1. The molecule has 6 heteroatoms. The quantitative estimate of drug-likeness (QED) is 0.930. The third-order valence-electron chi connectivity index (χ3n) is 3.96. The van der Waals surface area contributed by atoms with Crippen LogP contribution in [0.3, 0.4) is 0 Å². The number of benzene rings is 1. The summed E-state index contributed by atoms with van der Waals surface area (Å²) in [6.07, 6.45) is 0. The number of halogens is 1. The van der Waals surface area contributed by atoms with Gasteiger partial charge < -0.3 is 10.0 Å². The average Bonchev–Trinajstić information content (AvgIpc) is 3.03. The van der Waals surface area contributed by atoms with Gasteiger partial charge in [-0.15, -0.1) is 0 Å². The highest BCUT2D eigenvalue weighted by Gasteiger charge is 2.30. The van der Waals surface area contributed by atoms with Crippen LogP contribution in [0.4, 0.5) is 5.69 Å². The van der Waals surface area contributed by atoms with Gasteiger partial charge in [-0.1, -0.05) is 11.6 Å². The van der Waals surface area contributed by atoms with Crippen LogP contribution in [-0.2, 0) is 4.79 Å². The van der Waals surface area contributed by atoms with Crippen LogP contribution in [0.2, 0.25) is 5.02 Å². The Morgan fingerprint density at radius 3 is 2.36 bits per heavy atom. The molecule has 0 spiro atoms. The van der Waals surface area contributed by atoms with E-state index >= 15 is 0 Å². The van der Waals surface area contributed by atoms with Crippen LogP contribution in [-0.4, -0.2) is 42.2 Å². The molecule has 2 heterocycles. The van der Waals surface area contributed by atoms with Gasteiger partial charge >= 0.3 is 5.97 Å². The summed E-state index contributed by atoms with van der Waals surface area (Å²) >= 11 is 7.45. The van der Waals surface area contributed by atoms with Gasteiger partial charge in [0.25, 0.3) is 0 Å². The van der Waals surface area contributed by atoms with E-state index in [1.165, 1.54) is 11.3 Å². The van der Waals surface area contributed by atoms with Gasteiger partial charge in [-0.3, -0.25) is 9.69 Å². The van der Waals surface area contributed by atoms with Crippen molar-refractivity contribution in [2.75, 3.05) is 31.1 Å². The van der Waals surface area contributed by atoms with Gasteiger partial charge in [0.1, 0.15) is 6.04 Å². The molecule has 1 aliphatic rings. The standard InChI is InChI=1S/C16H17ClN2O2S/c17-13-1-3-14(4-2-13)18-6-8-19(9-7-18)15(16(20)21)12-5-10-22-11-12/h1-5,10-11,15H,6-9H2,(H,20,21)/t15-/m1/s1. The first-order chi connectivity index (χ1) is 10.6. The molecule has 2 aromatic rings. The van der Waals surface area contributed by atoms with Crippen molar-refractivity contribution in [3.63, 3.8) is 0 Å². The van der Waals surface area contributed by atoms with Crippen molar-refractivity contribution in [2.24, 2.45) is 0 Å². The second-order valence-corrected chi connectivity index (χ2v) is 6.51. The monoisotopic (exact) mass is 336 g/mol. The number of rotatable bonds is 4. The Morgan fingerprint density at radius 1 is 1.14 bits per heavy atom. The van der Waals surface area contributed by atoms with E-state index in [9.17, 15) is 9.90 Å². The highest BCUT2D eigenvalue weighted by atomic mass is 35.5. The van der Waals surface area contributed by atoms with Crippen LogP contribution in [0.25, 0.3) is 0 Å². The van der Waals surface area contributed by atoms with E-state index in [0.717, 1.165) is 42.5 Å². The molecule has 4 nitrogen and oxygen atoms in total. The summed E-state index contributed by atoms with van der Waals surface area (Å²) in [4.78, 5) is 15.9. The smallest absolute Gasteiger partial charge is 0.325 e. The maximum Gasteiger partial charge on any atom is 0.325 e. The van der Waals surface area contributed by atoms with Crippen molar-refractivity contribution in [3.8, 4) is 0 Å². The third kappa shape index (κ3) is 3.27. The fourth-order valence-corrected chi connectivity index (χ4v) is 3.64. The summed E-state index contributed by atoms with van der Waals surface area (Å²) < 4.78 is 0. The van der Waals surface area contributed by atoms with Gasteiger partial charge in [-0.2, -0.15) is 11.3 Å². The fourth-order valence-electron chi connectivity index (χ4n) is 2.83. The number of anilines is 1. The normalized spacial score (nSPS) is 17.4. The first-order valence-corrected chi connectivity index (χ1v) is 8.47. The number of thiophene rings is 1. The summed E-state index contributed by atoms with van der Waals surface area (Å²) in [5.74, 6) is -0.779. The Labute approximate surface area is 138 Å². The second-order valence-electron chi connectivity index (χ2n) is 5.30. The van der Waals surface area contributed by atoms with Gasteiger partial charge in [0.15, 0.2) is 0 Å². The van der Waals surface area contributed by atoms with Gasteiger partial charge in [0, 0.05) is 36.9 Å². The molecule has 0 aliphatic carbocycles. The number of carboxylic acid groups (broad SMARTS) is 1. The topological polar surface area (TPSA) is 43.8 Å². The molecule has 0 bridgehead atoms. The molecule has 1 aliphatic heterocycles. The van der Waals surface area contributed by atoms with Crippen LogP contribution in [0.15, 0.2) is 41.1 Å². The molecular formula is C16H17ClN2O2S. The Bertz CT molecular complexity index is 622. The van der Waals surface area contributed by atoms with E-state index in [-0.39, 0.29) is 0 Å². The van der Waals surface area contributed by atoms with E-state index in [2.05, 4.69) is 4.90 Å². The molecule has 22 heavy (non-hydrogen) atoms. The summed E-state index contributed by atoms with van der Waals surface area (Å²) in [6, 6.07) is 9.13. The highest BCUT2D eigenvalue weighted by Crippen LogP contribution is 2.26.